The van der Waals surface area contributed by atoms with Gasteiger partial charge in [0.25, 0.3) is 0 Å². The second-order valence-electron chi connectivity index (χ2n) is 10.7. The van der Waals surface area contributed by atoms with E-state index in [1.54, 1.807) is 24.3 Å². The van der Waals surface area contributed by atoms with Crippen molar-refractivity contribution >= 4 is 28.5 Å². The number of halogens is 1. The molecule has 0 saturated carbocycles. The maximum absolute atomic E-state index is 12.0. The van der Waals surface area contributed by atoms with E-state index in [2.05, 4.69) is 16.0 Å². The minimum absolute atomic E-state index is 0.197. The highest BCUT2D eigenvalue weighted by atomic mass is 35.5. The van der Waals surface area contributed by atoms with Crippen LogP contribution in [0.2, 0.25) is 5.02 Å². The van der Waals surface area contributed by atoms with Gasteiger partial charge in [0.2, 0.25) is 5.88 Å². The van der Waals surface area contributed by atoms with Crippen LogP contribution >= 0.6 is 11.6 Å². The molecule has 1 fully saturated rings. The van der Waals surface area contributed by atoms with E-state index >= 15 is 0 Å². The lowest BCUT2D eigenvalue weighted by atomic mass is 10.0. The van der Waals surface area contributed by atoms with Crippen LogP contribution in [0.4, 0.5) is 0 Å². The molecule has 0 radical (unpaired) electrons. The zero-order chi connectivity index (χ0) is 30.5. The third-order valence-corrected chi connectivity index (χ3v) is 8.05. The fourth-order valence-corrected chi connectivity index (χ4v) is 5.81. The van der Waals surface area contributed by atoms with Crippen molar-refractivity contribution in [3.63, 3.8) is 0 Å². The minimum Gasteiger partial charge on any atom is -0.488 e. The van der Waals surface area contributed by atoms with Gasteiger partial charge in [-0.2, -0.15) is 5.26 Å². The Balaban J connectivity index is 1.36. The summed E-state index contributed by atoms with van der Waals surface area (Å²) in [6.45, 7) is 1.21. The van der Waals surface area contributed by atoms with Gasteiger partial charge in [0.1, 0.15) is 24.7 Å². The number of para-hydroxylation sites is 1. The van der Waals surface area contributed by atoms with Crippen LogP contribution in [0, 0.1) is 11.3 Å². The molecule has 0 bridgehead atoms. The van der Waals surface area contributed by atoms with E-state index in [0.717, 1.165) is 46.0 Å². The van der Waals surface area contributed by atoms with Crippen molar-refractivity contribution in [1.82, 2.24) is 14.9 Å². The highest BCUT2D eigenvalue weighted by Gasteiger charge is 2.29. The molecule has 2 heterocycles. The number of piperidine rings is 1. The normalized spacial score (nSPS) is 15.0. The van der Waals surface area contributed by atoms with Crippen molar-refractivity contribution in [2.24, 2.45) is 0 Å². The van der Waals surface area contributed by atoms with E-state index in [1.165, 1.54) is 6.33 Å². The first-order valence-corrected chi connectivity index (χ1v) is 14.8. The van der Waals surface area contributed by atoms with Gasteiger partial charge in [-0.1, -0.05) is 72.6 Å². The molecule has 0 aliphatic carbocycles. The molecule has 0 spiro atoms. The molecule has 0 amide bonds. The number of aromatic nitrogens is 2. The molecule has 1 aromatic heterocycles. The van der Waals surface area contributed by atoms with Crippen molar-refractivity contribution in [1.29, 1.82) is 5.26 Å². The summed E-state index contributed by atoms with van der Waals surface area (Å²) >= 11 is 6.81. The van der Waals surface area contributed by atoms with E-state index in [9.17, 15) is 15.2 Å². The van der Waals surface area contributed by atoms with Crippen LogP contribution in [0.5, 0.6) is 17.4 Å². The summed E-state index contributed by atoms with van der Waals surface area (Å²) in [6, 6.07) is 28.1. The van der Waals surface area contributed by atoms with Crippen LogP contribution in [0.3, 0.4) is 0 Å². The van der Waals surface area contributed by atoms with E-state index < -0.39 is 12.0 Å². The fourth-order valence-electron chi connectivity index (χ4n) is 5.58. The van der Waals surface area contributed by atoms with E-state index in [-0.39, 0.29) is 6.61 Å². The number of nitriles is 1. The molecule has 8 nitrogen and oxygen atoms in total. The third kappa shape index (κ3) is 6.35. The molecule has 1 saturated heterocycles. The van der Waals surface area contributed by atoms with E-state index in [0.29, 0.717) is 47.5 Å². The molecule has 6 rings (SSSR count). The Morgan fingerprint density at radius 1 is 1.00 bits per heavy atom. The number of benzene rings is 4. The molecular weight excluding hydrogens is 576 g/mol. The van der Waals surface area contributed by atoms with Gasteiger partial charge < -0.3 is 14.6 Å². The number of rotatable bonds is 9. The molecule has 44 heavy (non-hydrogen) atoms. The number of hydrogen-bond donors (Lipinski definition) is 1. The van der Waals surface area contributed by atoms with Crippen molar-refractivity contribution < 1.29 is 19.4 Å². The number of carbonyl (C=O) groups is 1. The molecule has 220 valence electrons. The number of nitrogens with zero attached hydrogens (tertiary/aromatic N) is 4. The predicted octanol–water partition coefficient (Wildman–Crippen LogP) is 7.63. The maximum atomic E-state index is 12.0. The van der Waals surface area contributed by atoms with Crippen LogP contribution in [0.15, 0.2) is 91.3 Å². The largest absolute Gasteiger partial charge is 0.488 e. The third-order valence-electron chi connectivity index (χ3n) is 7.76. The van der Waals surface area contributed by atoms with Crippen molar-refractivity contribution in [2.75, 3.05) is 6.54 Å². The zero-order valence-corrected chi connectivity index (χ0v) is 24.6. The lowest BCUT2D eigenvalue weighted by Crippen LogP contribution is -2.44. The van der Waals surface area contributed by atoms with Gasteiger partial charge >= 0.3 is 5.97 Å². The standard InChI is InChI=1S/C35H29ClN4O4/c36-29-17-26(20-40-15-5-4-14-30(40)35(41)42)31(43-21-24-9-6-8-23(16-24)19-37)18-32(29)44-34-28-13-7-12-27(33(28)38-22-39-34)25-10-2-1-3-11-25/h1-3,6-13,16-18,22,30H,4-5,14-15,20-21H2,(H,41,42)/t30-/m0/s1. The summed E-state index contributed by atoms with van der Waals surface area (Å²) in [5.41, 5.74) is 4.83. The number of carboxylic acid groups (broad SMARTS) is 1. The summed E-state index contributed by atoms with van der Waals surface area (Å²) in [5.74, 6) is 0.355. The number of aliphatic carboxylic acids is 1. The van der Waals surface area contributed by atoms with Crippen LogP contribution in [-0.2, 0) is 17.9 Å². The topological polar surface area (TPSA) is 109 Å². The van der Waals surface area contributed by atoms with E-state index in [1.807, 2.05) is 65.6 Å². The number of likely N-dealkylation sites (tertiary alicyclic amines) is 1. The minimum atomic E-state index is -0.836. The van der Waals surface area contributed by atoms with Crippen molar-refractivity contribution in [2.45, 2.75) is 38.5 Å². The lowest BCUT2D eigenvalue weighted by Gasteiger charge is -2.33. The van der Waals surface area contributed by atoms with Gasteiger partial charge in [0.15, 0.2) is 5.75 Å². The van der Waals surface area contributed by atoms with Crippen LogP contribution in [0.25, 0.3) is 22.0 Å². The Morgan fingerprint density at radius 3 is 2.66 bits per heavy atom. The van der Waals surface area contributed by atoms with Gasteiger partial charge in [0, 0.05) is 23.7 Å². The molecule has 5 aromatic rings. The number of ether oxygens (including phenoxy) is 2. The summed E-state index contributed by atoms with van der Waals surface area (Å²) in [7, 11) is 0. The fraction of sp³-hybridized carbons (Fsp3) is 0.200. The van der Waals surface area contributed by atoms with Gasteiger partial charge in [-0.15, -0.1) is 0 Å². The average molecular weight is 605 g/mol. The first-order valence-electron chi connectivity index (χ1n) is 14.4. The first kappa shape index (κ1) is 29.1. The van der Waals surface area contributed by atoms with Crippen molar-refractivity contribution in [3.8, 4) is 34.6 Å². The second-order valence-corrected chi connectivity index (χ2v) is 11.1. The summed E-state index contributed by atoms with van der Waals surface area (Å²) in [6.07, 6.45) is 3.85. The van der Waals surface area contributed by atoms with Crippen molar-refractivity contribution in [3.05, 3.63) is 113 Å². The van der Waals surface area contributed by atoms with Crippen LogP contribution in [-0.4, -0.2) is 38.5 Å². The summed E-state index contributed by atoms with van der Waals surface area (Å²) in [5, 5.41) is 20.2. The maximum Gasteiger partial charge on any atom is 0.320 e. The second kappa shape index (κ2) is 13.1. The van der Waals surface area contributed by atoms with Crippen LogP contribution in [0.1, 0.15) is 36.0 Å². The molecular formula is C35H29ClN4O4. The SMILES string of the molecule is N#Cc1cccc(COc2cc(Oc3ncnc4c(-c5ccccc5)cccc34)c(Cl)cc2CN2CCCC[C@H]2C(=O)O)c1. The molecule has 1 N–H and O–H groups in total. The van der Waals surface area contributed by atoms with Gasteiger partial charge in [0.05, 0.1) is 27.6 Å². The highest BCUT2D eigenvalue weighted by molar-refractivity contribution is 6.32. The zero-order valence-electron chi connectivity index (χ0n) is 23.8. The molecule has 0 unspecified atom stereocenters. The van der Waals surface area contributed by atoms with E-state index in [4.69, 9.17) is 21.1 Å². The quantitative estimate of drug-likeness (QED) is 0.183. The lowest BCUT2D eigenvalue weighted by molar-refractivity contribution is -0.144. The highest BCUT2D eigenvalue weighted by Crippen LogP contribution is 2.39. The Kier molecular flexibility index (Phi) is 8.69. The molecule has 9 heteroatoms. The van der Waals surface area contributed by atoms with Gasteiger partial charge in [-0.25, -0.2) is 9.97 Å². The summed E-state index contributed by atoms with van der Waals surface area (Å²) < 4.78 is 12.6. The number of fused-ring (bicyclic) bond motifs is 1. The first-order chi connectivity index (χ1) is 21.5. The Morgan fingerprint density at radius 2 is 1.84 bits per heavy atom. The molecule has 4 aromatic carbocycles. The smallest absolute Gasteiger partial charge is 0.320 e. The van der Waals surface area contributed by atoms with Crippen LogP contribution < -0.4 is 9.47 Å². The number of hydrogen-bond acceptors (Lipinski definition) is 7. The monoisotopic (exact) mass is 604 g/mol. The Labute approximate surface area is 260 Å². The molecule has 1 atom stereocenters. The van der Waals surface area contributed by atoms with Gasteiger partial charge in [-0.05, 0) is 54.8 Å². The Bertz CT molecular complexity index is 1860. The molecule has 1 aliphatic rings. The van der Waals surface area contributed by atoms with Gasteiger partial charge in [-0.3, -0.25) is 9.69 Å². The molecule has 1 aliphatic heterocycles. The predicted molar refractivity (Wildman–Crippen MR) is 168 cm³/mol. The Hall–Kier alpha value is -4.97. The number of carboxylic acids is 1. The summed E-state index contributed by atoms with van der Waals surface area (Å²) in [4.78, 5) is 22.9. The average Bonchev–Trinajstić information content (AvgIpc) is 3.06.